The van der Waals surface area contributed by atoms with E-state index in [0.717, 1.165) is 23.6 Å². The summed E-state index contributed by atoms with van der Waals surface area (Å²) in [5, 5.41) is 12.1. The minimum Gasteiger partial charge on any atom is -0.496 e. The lowest BCUT2D eigenvalue weighted by molar-refractivity contribution is -0.120. The number of amides is 1. The van der Waals surface area contributed by atoms with Crippen LogP contribution >= 0.6 is 11.8 Å². The second kappa shape index (κ2) is 9.78. The van der Waals surface area contributed by atoms with Gasteiger partial charge < -0.3 is 14.6 Å². The van der Waals surface area contributed by atoms with E-state index in [9.17, 15) is 4.79 Å². The van der Waals surface area contributed by atoms with Crippen molar-refractivity contribution in [2.24, 2.45) is 7.05 Å². The van der Waals surface area contributed by atoms with Crippen molar-refractivity contribution in [1.29, 1.82) is 0 Å². The Morgan fingerprint density at radius 2 is 2.14 bits per heavy atom. The van der Waals surface area contributed by atoms with Gasteiger partial charge in [-0.25, -0.2) is 0 Å². The van der Waals surface area contributed by atoms with Crippen molar-refractivity contribution in [2.75, 3.05) is 13.7 Å². The van der Waals surface area contributed by atoms with Gasteiger partial charge in [-0.15, -0.1) is 10.2 Å². The van der Waals surface area contributed by atoms with Crippen molar-refractivity contribution < 1.29 is 9.53 Å². The second-order valence-corrected chi connectivity index (χ2v) is 8.28. The van der Waals surface area contributed by atoms with E-state index in [1.165, 1.54) is 43.0 Å². The molecule has 1 N–H and O–H groups in total. The molecule has 1 heterocycles. The third kappa shape index (κ3) is 4.95. The molecule has 2 aromatic rings. The SMILES string of the molecule is COc1ccccc1-c1nnc(S[C@@H](C)C(=O)NCCC2=CCCCC2)n1C. The molecule has 1 aromatic heterocycles. The van der Waals surface area contributed by atoms with Crippen LogP contribution in [0.4, 0.5) is 0 Å². The van der Waals surface area contributed by atoms with Crippen LogP contribution in [-0.2, 0) is 11.8 Å². The largest absolute Gasteiger partial charge is 0.496 e. The molecule has 0 bridgehead atoms. The van der Waals surface area contributed by atoms with E-state index in [1.54, 1.807) is 7.11 Å². The number of aromatic nitrogens is 3. The molecule has 1 atom stereocenters. The van der Waals surface area contributed by atoms with Crippen LogP contribution in [0.25, 0.3) is 11.4 Å². The molecule has 0 unspecified atom stereocenters. The van der Waals surface area contributed by atoms with Crippen molar-refractivity contribution >= 4 is 17.7 Å². The van der Waals surface area contributed by atoms with Gasteiger partial charge >= 0.3 is 0 Å². The minimum absolute atomic E-state index is 0.0308. The van der Waals surface area contributed by atoms with Gasteiger partial charge in [0.25, 0.3) is 0 Å². The first-order chi connectivity index (χ1) is 13.6. The van der Waals surface area contributed by atoms with Crippen molar-refractivity contribution in [3.8, 4) is 17.1 Å². The number of carbonyl (C=O) groups is 1. The fraction of sp³-hybridized carbons (Fsp3) is 0.476. The van der Waals surface area contributed by atoms with Gasteiger partial charge in [-0.05, 0) is 51.2 Å². The van der Waals surface area contributed by atoms with Crippen LogP contribution in [0.2, 0.25) is 0 Å². The Labute approximate surface area is 170 Å². The topological polar surface area (TPSA) is 69.0 Å². The maximum atomic E-state index is 12.4. The second-order valence-electron chi connectivity index (χ2n) is 6.97. The molecule has 3 rings (SSSR count). The summed E-state index contributed by atoms with van der Waals surface area (Å²) in [5.74, 6) is 1.50. The van der Waals surface area contributed by atoms with Crippen molar-refractivity contribution in [3.63, 3.8) is 0 Å². The van der Waals surface area contributed by atoms with E-state index < -0.39 is 0 Å². The molecule has 0 radical (unpaired) electrons. The highest BCUT2D eigenvalue weighted by Crippen LogP contribution is 2.31. The minimum atomic E-state index is -0.242. The average Bonchev–Trinajstić information content (AvgIpc) is 3.08. The third-order valence-corrected chi connectivity index (χ3v) is 6.10. The number of para-hydroxylation sites is 1. The number of nitrogens with one attached hydrogen (secondary N) is 1. The van der Waals surface area contributed by atoms with E-state index >= 15 is 0 Å². The van der Waals surface area contributed by atoms with Gasteiger partial charge in [-0.3, -0.25) is 4.79 Å². The fourth-order valence-corrected chi connectivity index (χ4v) is 4.15. The van der Waals surface area contributed by atoms with Gasteiger partial charge in [0.1, 0.15) is 5.75 Å². The highest BCUT2D eigenvalue weighted by molar-refractivity contribution is 8.00. The quantitative estimate of drug-likeness (QED) is 0.536. The lowest BCUT2D eigenvalue weighted by atomic mass is 9.97. The Balaban J connectivity index is 1.58. The first-order valence-corrected chi connectivity index (χ1v) is 10.6. The van der Waals surface area contributed by atoms with Crippen LogP contribution in [0.15, 0.2) is 41.1 Å². The van der Waals surface area contributed by atoms with Crippen LogP contribution in [0, 0.1) is 0 Å². The summed E-state index contributed by atoms with van der Waals surface area (Å²) in [6, 6.07) is 7.71. The molecule has 0 saturated heterocycles. The van der Waals surface area contributed by atoms with Gasteiger partial charge in [0.05, 0.1) is 17.9 Å². The van der Waals surface area contributed by atoms with Gasteiger partial charge in [0.15, 0.2) is 11.0 Å². The molecule has 0 aliphatic heterocycles. The lowest BCUT2D eigenvalue weighted by Gasteiger charge is -2.15. The van der Waals surface area contributed by atoms with Crippen LogP contribution < -0.4 is 10.1 Å². The highest BCUT2D eigenvalue weighted by Gasteiger charge is 2.20. The number of nitrogens with zero attached hydrogens (tertiary/aromatic N) is 3. The zero-order chi connectivity index (χ0) is 19.9. The van der Waals surface area contributed by atoms with E-state index in [2.05, 4.69) is 21.6 Å². The lowest BCUT2D eigenvalue weighted by Crippen LogP contribution is -2.32. The monoisotopic (exact) mass is 400 g/mol. The highest BCUT2D eigenvalue weighted by atomic mass is 32.2. The van der Waals surface area contributed by atoms with Crippen molar-refractivity contribution in [3.05, 3.63) is 35.9 Å². The van der Waals surface area contributed by atoms with Crippen molar-refractivity contribution in [2.45, 2.75) is 49.4 Å². The van der Waals surface area contributed by atoms with Gasteiger partial charge in [-0.1, -0.05) is 35.5 Å². The maximum absolute atomic E-state index is 12.4. The molecule has 6 nitrogen and oxygen atoms in total. The fourth-order valence-electron chi connectivity index (χ4n) is 3.31. The summed E-state index contributed by atoms with van der Waals surface area (Å²) in [6.45, 7) is 2.60. The zero-order valence-electron chi connectivity index (χ0n) is 16.8. The number of methoxy groups -OCH3 is 1. The van der Waals surface area contributed by atoms with E-state index in [0.29, 0.717) is 11.7 Å². The predicted molar refractivity (Wildman–Crippen MR) is 112 cm³/mol. The molecule has 0 saturated carbocycles. The molecule has 1 amide bonds. The number of carbonyl (C=O) groups excluding carboxylic acids is 1. The van der Waals surface area contributed by atoms with Crippen LogP contribution in [-0.4, -0.2) is 39.6 Å². The predicted octanol–water partition coefficient (Wildman–Crippen LogP) is 3.98. The molecule has 150 valence electrons. The number of hydrogen-bond acceptors (Lipinski definition) is 5. The number of rotatable bonds is 8. The molecule has 1 aliphatic rings. The summed E-state index contributed by atoms with van der Waals surface area (Å²) in [5.41, 5.74) is 2.35. The number of benzene rings is 1. The first kappa shape index (κ1) is 20.5. The van der Waals surface area contributed by atoms with Crippen LogP contribution in [0.5, 0.6) is 5.75 Å². The van der Waals surface area contributed by atoms with Gasteiger partial charge in [-0.2, -0.15) is 0 Å². The maximum Gasteiger partial charge on any atom is 0.233 e. The Kier molecular flexibility index (Phi) is 7.14. The Hall–Kier alpha value is -2.28. The number of ether oxygens (including phenoxy) is 1. The molecule has 7 heteroatoms. The van der Waals surface area contributed by atoms with E-state index in [1.807, 2.05) is 42.8 Å². The Morgan fingerprint density at radius 1 is 1.32 bits per heavy atom. The average molecular weight is 401 g/mol. The van der Waals surface area contributed by atoms with Gasteiger partial charge in [0, 0.05) is 13.6 Å². The third-order valence-electron chi connectivity index (χ3n) is 4.96. The summed E-state index contributed by atoms with van der Waals surface area (Å²) >= 11 is 1.42. The molecule has 1 aliphatic carbocycles. The Bertz CT molecular complexity index is 847. The summed E-state index contributed by atoms with van der Waals surface area (Å²) < 4.78 is 7.32. The molecular formula is C21H28N4O2S. The molecule has 0 spiro atoms. The molecule has 1 aromatic carbocycles. The van der Waals surface area contributed by atoms with E-state index in [-0.39, 0.29) is 11.2 Å². The van der Waals surface area contributed by atoms with Crippen LogP contribution in [0.3, 0.4) is 0 Å². The normalized spacial score (nSPS) is 15.0. The van der Waals surface area contributed by atoms with Crippen molar-refractivity contribution in [1.82, 2.24) is 20.1 Å². The summed E-state index contributed by atoms with van der Waals surface area (Å²) in [6.07, 6.45) is 8.18. The zero-order valence-corrected chi connectivity index (χ0v) is 17.6. The van der Waals surface area contributed by atoms with Gasteiger partial charge in [0.2, 0.25) is 5.91 Å². The van der Waals surface area contributed by atoms with E-state index in [4.69, 9.17) is 4.74 Å². The Morgan fingerprint density at radius 3 is 2.89 bits per heavy atom. The number of thioether (sulfide) groups is 1. The molecule has 0 fully saturated rings. The standard InChI is InChI=1S/C21H28N4O2S/c1-15(20(26)22-14-13-16-9-5-4-6-10-16)28-21-24-23-19(25(21)2)17-11-7-8-12-18(17)27-3/h7-9,11-12,15H,4-6,10,13-14H2,1-3H3,(H,22,26)/t15-/m0/s1. The van der Waals surface area contributed by atoms with Crippen LogP contribution in [0.1, 0.15) is 39.0 Å². The molecular weight excluding hydrogens is 372 g/mol. The number of hydrogen-bond donors (Lipinski definition) is 1. The number of allylic oxidation sites excluding steroid dienone is 1. The smallest absolute Gasteiger partial charge is 0.233 e. The summed E-state index contributed by atoms with van der Waals surface area (Å²) in [7, 11) is 3.55. The summed E-state index contributed by atoms with van der Waals surface area (Å²) in [4.78, 5) is 12.4. The first-order valence-electron chi connectivity index (χ1n) is 9.75. The molecule has 28 heavy (non-hydrogen) atoms.